The fraction of sp³-hybridized carbons (Fsp3) is 0.105. The molecule has 2 aromatic heterocycles. The molecule has 3 N–H and O–H groups in total. The molecule has 0 fully saturated rings. The Labute approximate surface area is 171 Å². The molecule has 0 atom stereocenters. The van der Waals surface area contributed by atoms with Crippen molar-refractivity contribution in [1.82, 2.24) is 25.6 Å². The summed E-state index contributed by atoms with van der Waals surface area (Å²) in [4.78, 5) is 26.4. The summed E-state index contributed by atoms with van der Waals surface area (Å²) in [6, 6.07) is 10.7. The summed E-state index contributed by atoms with van der Waals surface area (Å²) in [7, 11) is 0. The molecule has 28 heavy (non-hydrogen) atoms. The summed E-state index contributed by atoms with van der Waals surface area (Å²) in [6.07, 6.45) is 4.44. The molecule has 0 aliphatic rings. The number of amides is 2. The van der Waals surface area contributed by atoms with Gasteiger partial charge in [-0.3, -0.25) is 20.4 Å². The van der Waals surface area contributed by atoms with Crippen molar-refractivity contribution in [3.8, 4) is 0 Å². The molecule has 0 saturated carbocycles. The van der Waals surface area contributed by atoms with E-state index in [4.69, 9.17) is 23.2 Å². The number of nitrogens with one attached hydrogen (secondary N) is 3. The second-order valence-electron chi connectivity index (χ2n) is 5.93. The van der Waals surface area contributed by atoms with Crippen LogP contribution in [0, 0.1) is 6.92 Å². The molecule has 0 saturated heterocycles. The molecule has 1 aromatic carbocycles. The van der Waals surface area contributed by atoms with Gasteiger partial charge in [-0.25, -0.2) is 4.68 Å². The first-order chi connectivity index (χ1) is 13.4. The van der Waals surface area contributed by atoms with Gasteiger partial charge in [0, 0.05) is 22.9 Å². The van der Waals surface area contributed by atoms with Gasteiger partial charge in [0.15, 0.2) is 0 Å². The molecule has 144 valence electrons. The minimum atomic E-state index is -0.499. The molecule has 0 aliphatic carbocycles. The Bertz CT molecular complexity index is 1010. The molecule has 9 heteroatoms. The predicted molar refractivity (Wildman–Crippen MR) is 108 cm³/mol. The predicted octanol–water partition coefficient (Wildman–Crippen LogP) is 3.35. The molecule has 7 nitrogen and oxygen atoms in total. The molecule has 0 unspecified atom stereocenters. The average molecular weight is 418 g/mol. The number of aryl methyl sites for hydroxylation is 1. The van der Waals surface area contributed by atoms with Crippen LogP contribution in [0.4, 0.5) is 0 Å². The Morgan fingerprint density at radius 3 is 2.61 bits per heavy atom. The number of aromatic amines is 1. The fourth-order valence-electron chi connectivity index (χ4n) is 2.48. The average Bonchev–Trinajstić information content (AvgIpc) is 3.30. The highest BCUT2D eigenvalue weighted by molar-refractivity contribution is 6.31. The van der Waals surface area contributed by atoms with Gasteiger partial charge < -0.3 is 4.98 Å². The van der Waals surface area contributed by atoms with Crippen molar-refractivity contribution in [3.63, 3.8) is 0 Å². The minimum absolute atomic E-state index is 0.339. The maximum absolute atomic E-state index is 11.9. The zero-order chi connectivity index (χ0) is 20.1. The lowest BCUT2D eigenvalue weighted by molar-refractivity contribution is -0.117. The van der Waals surface area contributed by atoms with Gasteiger partial charge in [0.05, 0.1) is 12.2 Å². The van der Waals surface area contributed by atoms with E-state index in [9.17, 15) is 9.59 Å². The van der Waals surface area contributed by atoms with Gasteiger partial charge in [0.25, 0.3) is 11.8 Å². The van der Waals surface area contributed by atoms with Gasteiger partial charge in [-0.2, -0.15) is 5.10 Å². The summed E-state index contributed by atoms with van der Waals surface area (Å²) in [5.74, 6) is -0.947. The minimum Gasteiger partial charge on any atom is -0.357 e. The van der Waals surface area contributed by atoms with E-state index in [0.717, 1.165) is 5.56 Å². The highest BCUT2D eigenvalue weighted by Crippen LogP contribution is 2.22. The van der Waals surface area contributed by atoms with E-state index >= 15 is 0 Å². The summed E-state index contributed by atoms with van der Waals surface area (Å²) < 4.78 is 1.64. The van der Waals surface area contributed by atoms with Crippen LogP contribution < -0.4 is 10.9 Å². The normalized spacial score (nSPS) is 11.0. The summed E-state index contributed by atoms with van der Waals surface area (Å²) in [5, 5.41) is 5.47. The number of hydrazine groups is 1. The van der Waals surface area contributed by atoms with E-state index in [1.165, 1.54) is 6.08 Å². The summed E-state index contributed by atoms with van der Waals surface area (Å²) in [6.45, 7) is 2.28. The number of rotatable bonds is 5. The first-order valence-electron chi connectivity index (χ1n) is 8.33. The number of benzene rings is 1. The number of hydrogen-bond acceptors (Lipinski definition) is 3. The second kappa shape index (κ2) is 8.77. The quantitative estimate of drug-likeness (QED) is 0.438. The number of hydrogen-bond donors (Lipinski definition) is 3. The third-order valence-electron chi connectivity index (χ3n) is 3.90. The Morgan fingerprint density at radius 1 is 1.18 bits per heavy atom. The van der Waals surface area contributed by atoms with Crippen LogP contribution in [0.3, 0.4) is 0 Å². The van der Waals surface area contributed by atoms with E-state index in [1.54, 1.807) is 48.1 Å². The first kappa shape index (κ1) is 19.7. The van der Waals surface area contributed by atoms with Crippen molar-refractivity contribution >= 4 is 41.1 Å². The molecule has 3 rings (SSSR count). The van der Waals surface area contributed by atoms with Gasteiger partial charge in [-0.1, -0.05) is 35.3 Å². The molecule has 0 spiro atoms. The van der Waals surface area contributed by atoms with E-state index in [-0.39, 0.29) is 0 Å². The number of carbonyl (C=O) groups is 2. The van der Waals surface area contributed by atoms with Crippen molar-refractivity contribution in [1.29, 1.82) is 0 Å². The van der Waals surface area contributed by atoms with Crippen molar-refractivity contribution in [2.45, 2.75) is 13.5 Å². The number of halogens is 2. The maximum atomic E-state index is 11.9. The summed E-state index contributed by atoms with van der Waals surface area (Å²) >= 11 is 12.3. The highest BCUT2D eigenvalue weighted by atomic mass is 35.5. The van der Waals surface area contributed by atoms with Crippen molar-refractivity contribution in [3.05, 3.63) is 81.4 Å². The zero-order valence-corrected chi connectivity index (χ0v) is 16.4. The third-order valence-corrected chi connectivity index (χ3v) is 4.55. The monoisotopic (exact) mass is 417 g/mol. The molecule has 0 radical (unpaired) electrons. The van der Waals surface area contributed by atoms with E-state index < -0.39 is 11.8 Å². The molecule has 0 aliphatic heterocycles. The van der Waals surface area contributed by atoms with Crippen LogP contribution in [0.5, 0.6) is 0 Å². The zero-order valence-electron chi connectivity index (χ0n) is 14.9. The lowest BCUT2D eigenvalue weighted by Crippen LogP contribution is -2.40. The maximum Gasteiger partial charge on any atom is 0.286 e. The lowest BCUT2D eigenvalue weighted by Gasteiger charge is -2.04. The Kier molecular flexibility index (Phi) is 6.18. The van der Waals surface area contributed by atoms with Crippen LogP contribution in [0.15, 0.2) is 48.7 Å². The smallest absolute Gasteiger partial charge is 0.286 e. The molecular weight excluding hydrogens is 401 g/mol. The van der Waals surface area contributed by atoms with Crippen LogP contribution in [-0.2, 0) is 11.3 Å². The number of aromatic nitrogens is 3. The molecule has 3 aromatic rings. The summed E-state index contributed by atoms with van der Waals surface area (Å²) in [5.41, 5.74) is 7.25. The number of carbonyl (C=O) groups excluding carboxylic acids is 2. The molecule has 2 heterocycles. The van der Waals surface area contributed by atoms with Crippen molar-refractivity contribution in [2.24, 2.45) is 0 Å². The van der Waals surface area contributed by atoms with Gasteiger partial charge >= 0.3 is 0 Å². The second-order valence-corrected chi connectivity index (χ2v) is 6.73. The lowest BCUT2D eigenvalue weighted by atomic mass is 10.2. The number of H-pyrrole nitrogens is 1. The topological polar surface area (TPSA) is 91.8 Å². The van der Waals surface area contributed by atoms with Gasteiger partial charge in [0.2, 0.25) is 0 Å². The highest BCUT2D eigenvalue weighted by Gasteiger charge is 2.12. The van der Waals surface area contributed by atoms with E-state index in [2.05, 4.69) is 20.9 Å². The van der Waals surface area contributed by atoms with E-state index in [0.29, 0.717) is 33.7 Å². The van der Waals surface area contributed by atoms with Crippen LogP contribution in [-0.4, -0.2) is 26.6 Å². The van der Waals surface area contributed by atoms with Crippen LogP contribution in [0.1, 0.15) is 27.3 Å². The van der Waals surface area contributed by atoms with Gasteiger partial charge in [0.1, 0.15) is 10.8 Å². The van der Waals surface area contributed by atoms with Crippen LogP contribution in [0.2, 0.25) is 10.2 Å². The standard InChI is InChI=1S/C19H17Cl2N5O2/c1-12-15(8-9-17(27)23-24-19(28)16-3-2-10-22-16)18(21)26(25-12)11-13-4-6-14(20)7-5-13/h2-10,22H,11H2,1H3,(H,23,27)(H,24,28). The van der Waals surface area contributed by atoms with Crippen LogP contribution >= 0.6 is 23.2 Å². The Morgan fingerprint density at radius 2 is 1.93 bits per heavy atom. The molecular formula is C19H17Cl2N5O2. The van der Waals surface area contributed by atoms with Gasteiger partial charge in [-0.15, -0.1) is 0 Å². The number of nitrogens with zero attached hydrogens (tertiary/aromatic N) is 2. The van der Waals surface area contributed by atoms with Crippen molar-refractivity contribution < 1.29 is 9.59 Å². The van der Waals surface area contributed by atoms with E-state index in [1.807, 2.05) is 12.1 Å². The largest absolute Gasteiger partial charge is 0.357 e. The van der Waals surface area contributed by atoms with Crippen molar-refractivity contribution in [2.75, 3.05) is 0 Å². The van der Waals surface area contributed by atoms with Crippen LogP contribution in [0.25, 0.3) is 6.08 Å². The van der Waals surface area contributed by atoms with Gasteiger partial charge in [-0.05, 0) is 42.8 Å². The SMILES string of the molecule is Cc1nn(Cc2ccc(Cl)cc2)c(Cl)c1C=CC(=O)NNC(=O)c1ccc[nH]1. The first-order valence-corrected chi connectivity index (χ1v) is 9.09. The Balaban J connectivity index is 1.63. The molecule has 0 bridgehead atoms. The Hall–Kier alpha value is -3.03. The third kappa shape index (κ3) is 4.82. The molecule has 2 amide bonds. The fourth-order valence-corrected chi connectivity index (χ4v) is 2.91.